The van der Waals surface area contributed by atoms with Crippen molar-refractivity contribution in [2.75, 3.05) is 30.6 Å². The molecule has 2 aromatic carbocycles. The first-order valence-electron chi connectivity index (χ1n) is 13.2. The van der Waals surface area contributed by atoms with Crippen LogP contribution in [0.4, 0.5) is 13.2 Å². The maximum absolute atomic E-state index is 14.1. The van der Waals surface area contributed by atoms with Crippen molar-refractivity contribution in [2.24, 2.45) is 11.8 Å². The predicted octanol–water partition coefficient (Wildman–Crippen LogP) is 6.20. The first-order chi connectivity index (χ1) is 18.9. The third kappa shape index (κ3) is 6.75. The number of carbonyl (C=O) groups excluding carboxylic acids is 2. The molecule has 2 amide bonds. The molecule has 0 spiro atoms. The van der Waals surface area contributed by atoms with Gasteiger partial charge < -0.3 is 14.9 Å². The van der Waals surface area contributed by atoms with Gasteiger partial charge in [-0.3, -0.25) is 14.4 Å². The summed E-state index contributed by atoms with van der Waals surface area (Å²) in [5.74, 6) is -3.31. The average Bonchev–Trinajstić information content (AvgIpc) is 3.03. The minimum atomic E-state index is -4.57. The fraction of sp³-hybridized carbons (Fsp3) is 0.483. The summed E-state index contributed by atoms with van der Waals surface area (Å²) in [5.41, 5.74) is 0.693. The quantitative estimate of drug-likeness (QED) is 0.277. The summed E-state index contributed by atoms with van der Waals surface area (Å²) in [7, 11) is 0. The molecule has 40 heavy (non-hydrogen) atoms. The minimum Gasteiger partial charge on any atom is -0.481 e. The van der Waals surface area contributed by atoms with E-state index in [4.69, 9.17) is 11.6 Å². The fourth-order valence-corrected chi connectivity index (χ4v) is 6.26. The van der Waals surface area contributed by atoms with Gasteiger partial charge in [0.25, 0.3) is 0 Å². The Morgan fingerprint density at radius 3 is 2.38 bits per heavy atom. The van der Waals surface area contributed by atoms with Crippen molar-refractivity contribution >= 4 is 52.0 Å². The Hall–Kier alpha value is -2.34. The molecule has 1 N–H and O–H groups in total. The van der Waals surface area contributed by atoms with E-state index in [0.29, 0.717) is 41.0 Å². The molecule has 3 atom stereocenters. The van der Waals surface area contributed by atoms with E-state index in [1.807, 2.05) is 6.92 Å². The van der Waals surface area contributed by atoms with Crippen LogP contribution in [0.5, 0.6) is 0 Å². The zero-order chi connectivity index (χ0) is 29.2. The summed E-state index contributed by atoms with van der Waals surface area (Å²) in [5, 5.41) is 9.65. The second-order valence-electron chi connectivity index (χ2n) is 10.7. The summed E-state index contributed by atoms with van der Waals surface area (Å²) >= 11 is 8.78. The Bertz CT molecular complexity index is 1270. The normalized spacial score (nSPS) is 21.1. The molecule has 0 radical (unpaired) electrons. The van der Waals surface area contributed by atoms with Gasteiger partial charge in [0.15, 0.2) is 0 Å². The van der Waals surface area contributed by atoms with Crippen LogP contribution in [0.25, 0.3) is 0 Å². The van der Waals surface area contributed by atoms with Crippen molar-refractivity contribution in [1.82, 2.24) is 9.80 Å². The SMILES string of the molecule is CC(CI)CC1C(=O)N(CC(=O)N2CCC(C(=O)O)CC2)CC(c2ccccc2Cl)c2cc(C(F)(F)F)ccc21. The van der Waals surface area contributed by atoms with Crippen molar-refractivity contribution in [1.29, 1.82) is 0 Å². The van der Waals surface area contributed by atoms with Gasteiger partial charge in [0.05, 0.1) is 23.9 Å². The van der Waals surface area contributed by atoms with E-state index < -0.39 is 35.5 Å². The summed E-state index contributed by atoms with van der Waals surface area (Å²) in [6, 6.07) is 10.4. The van der Waals surface area contributed by atoms with Gasteiger partial charge in [0.1, 0.15) is 0 Å². The highest BCUT2D eigenvalue weighted by Gasteiger charge is 2.40. The van der Waals surface area contributed by atoms with Crippen LogP contribution in [0.1, 0.15) is 60.3 Å². The number of carboxylic acid groups (broad SMARTS) is 1. The van der Waals surface area contributed by atoms with Gasteiger partial charge in [0, 0.05) is 35.0 Å². The van der Waals surface area contributed by atoms with Crippen LogP contribution in [0, 0.1) is 11.8 Å². The van der Waals surface area contributed by atoms with E-state index in [0.717, 1.165) is 16.6 Å². The van der Waals surface area contributed by atoms with Crippen LogP contribution in [0.15, 0.2) is 42.5 Å². The Labute approximate surface area is 250 Å². The Balaban J connectivity index is 1.76. The number of carboxylic acids is 1. The predicted molar refractivity (Wildman–Crippen MR) is 154 cm³/mol. The molecule has 2 heterocycles. The minimum absolute atomic E-state index is 0.0106. The number of benzene rings is 2. The second kappa shape index (κ2) is 12.7. The van der Waals surface area contributed by atoms with Gasteiger partial charge in [-0.25, -0.2) is 0 Å². The van der Waals surface area contributed by atoms with Crippen LogP contribution in [-0.2, 0) is 20.6 Å². The Morgan fingerprint density at radius 1 is 1.10 bits per heavy atom. The van der Waals surface area contributed by atoms with Gasteiger partial charge in [-0.05, 0) is 60.1 Å². The molecule has 216 valence electrons. The van der Waals surface area contributed by atoms with Crippen molar-refractivity contribution in [3.8, 4) is 0 Å². The summed E-state index contributed by atoms with van der Waals surface area (Å²) in [6.45, 7) is 2.28. The van der Waals surface area contributed by atoms with Crippen LogP contribution < -0.4 is 0 Å². The Morgan fingerprint density at radius 2 is 1.77 bits per heavy atom. The molecule has 0 saturated carbocycles. The lowest BCUT2D eigenvalue weighted by Crippen LogP contribution is -2.47. The number of hydrogen-bond donors (Lipinski definition) is 1. The number of halogens is 5. The lowest BCUT2D eigenvalue weighted by molar-refractivity contribution is -0.147. The highest BCUT2D eigenvalue weighted by molar-refractivity contribution is 14.1. The maximum Gasteiger partial charge on any atom is 0.416 e. The number of piperidine rings is 1. The molecule has 0 aromatic heterocycles. The van der Waals surface area contributed by atoms with E-state index >= 15 is 0 Å². The monoisotopic (exact) mass is 690 g/mol. The average molecular weight is 691 g/mol. The Kier molecular flexibility index (Phi) is 9.70. The zero-order valence-corrected chi connectivity index (χ0v) is 24.9. The lowest BCUT2D eigenvalue weighted by Gasteiger charge is -2.33. The number of aliphatic carboxylic acids is 1. The van der Waals surface area contributed by atoms with Gasteiger partial charge >= 0.3 is 12.1 Å². The lowest BCUT2D eigenvalue weighted by atomic mass is 9.81. The number of nitrogens with zero attached hydrogens (tertiary/aromatic N) is 2. The highest BCUT2D eigenvalue weighted by atomic mass is 127. The second-order valence-corrected chi connectivity index (χ2v) is 12.0. The first-order valence-corrected chi connectivity index (χ1v) is 15.1. The van der Waals surface area contributed by atoms with Crippen molar-refractivity contribution in [3.05, 3.63) is 69.7 Å². The molecule has 2 aliphatic rings. The number of hydrogen-bond acceptors (Lipinski definition) is 3. The summed E-state index contributed by atoms with van der Waals surface area (Å²) < 4.78 is 42.3. The van der Waals surface area contributed by atoms with Crippen molar-refractivity contribution in [3.63, 3.8) is 0 Å². The topological polar surface area (TPSA) is 77.9 Å². The molecule has 1 saturated heterocycles. The largest absolute Gasteiger partial charge is 0.481 e. The molecule has 0 aliphatic carbocycles. The molecule has 3 unspecified atom stereocenters. The molecule has 1 fully saturated rings. The highest BCUT2D eigenvalue weighted by Crippen LogP contribution is 2.43. The van der Waals surface area contributed by atoms with Gasteiger partial charge in [-0.1, -0.05) is 65.4 Å². The van der Waals surface area contributed by atoms with Crippen LogP contribution in [0.3, 0.4) is 0 Å². The summed E-state index contributed by atoms with van der Waals surface area (Å²) in [4.78, 5) is 41.8. The van der Waals surface area contributed by atoms with E-state index in [-0.39, 0.29) is 43.9 Å². The number of alkyl halides is 4. The van der Waals surface area contributed by atoms with E-state index in [1.165, 1.54) is 11.0 Å². The molecular weight excluding hydrogens is 660 g/mol. The molecule has 4 rings (SSSR count). The van der Waals surface area contributed by atoms with Crippen molar-refractivity contribution < 1.29 is 32.7 Å². The van der Waals surface area contributed by atoms with Crippen molar-refractivity contribution in [2.45, 2.75) is 44.2 Å². The molecular formula is C29H31ClF3IN2O4. The van der Waals surface area contributed by atoms with Gasteiger partial charge in [0.2, 0.25) is 11.8 Å². The van der Waals surface area contributed by atoms with Gasteiger partial charge in [-0.2, -0.15) is 13.2 Å². The molecule has 11 heteroatoms. The number of rotatable bonds is 7. The molecule has 2 aromatic rings. The smallest absolute Gasteiger partial charge is 0.416 e. The van der Waals surface area contributed by atoms with Gasteiger partial charge in [-0.15, -0.1) is 0 Å². The zero-order valence-electron chi connectivity index (χ0n) is 22.0. The maximum atomic E-state index is 14.1. The number of amides is 2. The van der Waals surface area contributed by atoms with E-state index in [1.54, 1.807) is 29.2 Å². The third-order valence-electron chi connectivity index (χ3n) is 7.88. The van der Waals surface area contributed by atoms with Crippen LogP contribution in [0.2, 0.25) is 5.02 Å². The van der Waals surface area contributed by atoms with Crippen LogP contribution >= 0.6 is 34.2 Å². The third-order valence-corrected chi connectivity index (χ3v) is 9.73. The molecule has 0 bridgehead atoms. The van der Waals surface area contributed by atoms with E-state index in [9.17, 15) is 32.7 Å². The van der Waals surface area contributed by atoms with Crippen LogP contribution in [-0.4, -0.2) is 63.3 Å². The fourth-order valence-electron chi connectivity index (χ4n) is 5.63. The van der Waals surface area contributed by atoms with E-state index in [2.05, 4.69) is 22.6 Å². The number of carbonyl (C=O) groups is 3. The number of fused-ring (bicyclic) bond motifs is 1. The molecule has 6 nitrogen and oxygen atoms in total. The molecule has 2 aliphatic heterocycles. The number of likely N-dealkylation sites (tertiary alicyclic amines) is 1. The standard InChI is InChI=1S/C29H31ClF3IN2O4/c1-17(14-34)12-23-20-7-6-19(29(31,32)33)13-22(20)24(21-4-2-3-5-25(21)30)15-36(27(23)38)16-26(37)35-10-8-18(9-11-35)28(39)40/h2-7,13,17-18,23-24H,8-12,14-16H2,1H3,(H,39,40). The summed E-state index contributed by atoms with van der Waals surface area (Å²) in [6.07, 6.45) is -3.49. The first kappa shape index (κ1) is 30.6.